The maximum atomic E-state index is 12.8. The van der Waals surface area contributed by atoms with Gasteiger partial charge in [-0.3, -0.25) is 9.59 Å². The minimum absolute atomic E-state index is 0.0166. The average molecular weight is 394 g/mol. The molecule has 0 heterocycles. The summed E-state index contributed by atoms with van der Waals surface area (Å²) in [5.74, 6) is -1.83. The van der Waals surface area contributed by atoms with Crippen molar-refractivity contribution in [1.82, 2.24) is 10.0 Å². The van der Waals surface area contributed by atoms with Crippen molar-refractivity contribution in [3.8, 4) is 0 Å². The minimum atomic E-state index is -3.84. The van der Waals surface area contributed by atoms with Crippen LogP contribution in [0.1, 0.15) is 12.5 Å². The van der Waals surface area contributed by atoms with Gasteiger partial charge in [-0.1, -0.05) is 30.3 Å². The summed E-state index contributed by atoms with van der Waals surface area (Å²) < 4.78 is 43.9. The van der Waals surface area contributed by atoms with Crippen LogP contribution in [0.2, 0.25) is 0 Å². The van der Waals surface area contributed by atoms with Gasteiger partial charge in [0.15, 0.2) is 6.10 Å². The highest BCUT2D eigenvalue weighted by Gasteiger charge is 2.20. The van der Waals surface area contributed by atoms with Crippen molar-refractivity contribution in [2.75, 3.05) is 6.54 Å². The van der Waals surface area contributed by atoms with Crippen LogP contribution in [0.3, 0.4) is 0 Å². The Bertz CT molecular complexity index is 886. The molecular weight excluding hydrogens is 375 g/mol. The average Bonchev–Trinajstić information content (AvgIpc) is 2.66. The first-order valence-corrected chi connectivity index (χ1v) is 9.52. The number of hydrogen-bond donors (Lipinski definition) is 2. The van der Waals surface area contributed by atoms with Gasteiger partial charge in [-0.15, -0.1) is 0 Å². The molecule has 144 valence electrons. The molecule has 0 unspecified atom stereocenters. The molecule has 0 saturated carbocycles. The number of ether oxygens (including phenoxy) is 1. The Kier molecular flexibility index (Phi) is 7.03. The molecule has 2 N–H and O–H groups in total. The molecule has 0 fully saturated rings. The minimum Gasteiger partial charge on any atom is -0.452 e. The van der Waals surface area contributed by atoms with Crippen molar-refractivity contribution in [1.29, 1.82) is 0 Å². The zero-order valence-corrected chi connectivity index (χ0v) is 15.3. The highest BCUT2D eigenvalue weighted by Crippen LogP contribution is 2.07. The van der Waals surface area contributed by atoms with Gasteiger partial charge in [-0.25, -0.2) is 12.8 Å². The molecule has 9 heteroatoms. The lowest BCUT2D eigenvalue weighted by Gasteiger charge is -2.14. The molecular formula is C18H19FN2O5S. The molecule has 0 radical (unpaired) electrons. The van der Waals surface area contributed by atoms with E-state index >= 15 is 0 Å². The van der Waals surface area contributed by atoms with Gasteiger partial charge in [0.05, 0.1) is 4.90 Å². The fourth-order valence-electron chi connectivity index (χ4n) is 2.06. The van der Waals surface area contributed by atoms with Crippen LogP contribution in [0.15, 0.2) is 59.5 Å². The van der Waals surface area contributed by atoms with Gasteiger partial charge in [0.2, 0.25) is 10.0 Å². The molecule has 0 saturated heterocycles. The molecule has 0 aliphatic rings. The van der Waals surface area contributed by atoms with Crippen molar-refractivity contribution in [2.24, 2.45) is 0 Å². The van der Waals surface area contributed by atoms with Crippen molar-refractivity contribution >= 4 is 21.9 Å². The molecule has 0 aliphatic carbocycles. The number of halogens is 1. The molecule has 27 heavy (non-hydrogen) atoms. The quantitative estimate of drug-likeness (QED) is 0.658. The van der Waals surface area contributed by atoms with Crippen LogP contribution in [0.25, 0.3) is 0 Å². The van der Waals surface area contributed by atoms with Gasteiger partial charge < -0.3 is 10.1 Å². The first-order valence-electron chi connectivity index (χ1n) is 8.04. The van der Waals surface area contributed by atoms with E-state index in [1.165, 1.54) is 43.3 Å². The van der Waals surface area contributed by atoms with Crippen LogP contribution in [-0.2, 0) is 30.9 Å². The van der Waals surface area contributed by atoms with Gasteiger partial charge in [0, 0.05) is 6.54 Å². The summed E-state index contributed by atoms with van der Waals surface area (Å²) in [6.45, 7) is 0.901. The zero-order chi connectivity index (χ0) is 19.9. The number of benzene rings is 2. The highest BCUT2D eigenvalue weighted by molar-refractivity contribution is 7.89. The first-order chi connectivity index (χ1) is 12.8. The first kappa shape index (κ1) is 20.5. The molecule has 2 rings (SSSR count). The highest BCUT2D eigenvalue weighted by atomic mass is 32.2. The lowest BCUT2D eigenvalue weighted by Crippen LogP contribution is -2.38. The largest absolute Gasteiger partial charge is 0.452 e. The topological polar surface area (TPSA) is 102 Å². The Morgan fingerprint density at radius 2 is 1.70 bits per heavy atom. The Balaban J connectivity index is 1.79. The number of hydrogen-bond acceptors (Lipinski definition) is 5. The third-order valence-corrected chi connectivity index (χ3v) is 4.93. The standard InChI is InChI=1S/C18H19FN2O5S/c1-13(18(23)20-11-14-7-9-15(19)10-8-14)26-17(22)12-21-27(24,25)16-5-3-2-4-6-16/h2-10,13,21H,11-12H2,1H3,(H,20,23)/t13-/m0/s1. The number of esters is 1. The lowest BCUT2D eigenvalue weighted by molar-refractivity contribution is -0.153. The van der Waals surface area contributed by atoms with Crippen LogP contribution < -0.4 is 10.0 Å². The molecule has 0 bridgehead atoms. The van der Waals surface area contributed by atoms with E-state index in [0.29, 0.717) is 5.56 Å². The van der Waals surface area contributed by atoms with E-state index in [1.54, 1.807) is 18.2 Å². The van der Waals surface area contributed by atoms with Crippen molar-refractivity contribution in [3.05, 3.63) is 66.0 Å². The fraction of sp³-hybridized carbons (Fsp3) is 0.222. The van der Waals surface area contributed by atoms with E-state index in [2.05, 4.69) is 10.0 Å². The smallest absolute Gasteiger partial charge is 0.321 e. The maximum absolute atomic E-state index is 12.8. The number of amides is 1. The summed E-state index contributed by atoms with van der Waals surface area (Å²) in [6, 6.07) is 13.1. The predicted molar refractivity (Wildman–Crippen MR) is 95.4 cm³/mol. The van der Waals surface area contributed by atoms with Crippen molar-refractivity contribution in [3.63, 3.8) is 0 Å². The molecule has 7 nitrogen and oxygen atoms in total. The molecule has 0 spiro atoms. The molecule has 0 aliphatic heterocycles. The molecule has 2 aromatic carbocycles. The lowest BCUT2D eigenvalue weighted by atomic mass is 10.2. The normalized spacial score (nSPS) is 12.2. The van der Waals surface area contributed by atoms with Crippen LogP contribution in [0, 0.1) is 5.82 Å². The summed E-state index contributed by atoms with van der Waals surface area (Å²) in [5, 5.41) is 2.54. The number of carbonyl (C=O) groups is 2. The molecule has 1 atom stereocenters. The summed E-state index contributed by atoms with van der Waals surface area (Å²) >= 11 is 0. The van der Waals surface area contributed by atoms with E-state index < -0.39 is 34.5 Å². The molecule has 2 aromatic rings. The van der Waals surface area contributed by atoms with Gasteiger partial charge in [0.1, 0.15) is 12.4 Å². The second-order valence-corrected chi connectivity index (χ2v) is 7.38. The summed E-state index contributed by atoms with van der Waals surface area (Å²) in [6.07, 6.45) is -1.11. The third kappa shape index (κ3) is 6.46. The summed E-state index contributed by atoms with van der Waals surface area (Å²) in [4.78, 5) is 23.7. The number of carbonyl (C=O) groups excluding carboxylic acids is 2. The second-order valence-electron chi connectivity index (χ2n) is 5.61. The van der Waals surface area contributed by atoms with Crippen LogP contribution >= 0.6 is 0 Å². The van der Waals surface area contributed by atoms with E-state index in [1.807, 2.05) is 0 Å². The maximum Gasteiger partial charge on any atom is 0.321 e. The predicted octanol–water partition coefficient (Wildman–Crippen LogP) is 1.35. The SMILES string of the molecule is C[C@H](OC(=O)CNS(=O)(=O)c1ccccc1)C(=O)NCc1ccc(F)cc1. The van der Waals surface area contributed by atoms with Crippen LogP contribution in [-0.4, -0.2) is 32.9 Å². The van der Waals surface area contributed by atoms with E-state index in [9.17, 15) is 22.4 Å². The zero-order valence-electron chi connectivity index (χ0n) is 14.5. The number of nitrogens with one attached hydrogen (secondary N) is 2. The monoisotopic (exact) mass is 394 g/mol. The Labute approximate surface area is 156 Å². The van der Waals surface area contributed by atoms with E-state index in [-0.39, 0.29) is 17.3 Å². The third-order valence-electron chi connectivity index (χ3n) is 3.52. The molecule has 1 amide bonds. The van der Waals surface area contributed by atoms with E-state index in [4.69, 9.17) is 4.74 Å². The fourth-order valence-corrected chi connectivity index (χ4v) is 3.05. The van der Waals surface area contributed by atoms with Gasteiger partial charge in [0.25, 0.3) is 5.91 Å². The number of rotatable bonds is 8. The number of sulfonamides is 1. The van der Waals surface area contributed by atoms with Crippen molar-refractivity contribution < 1.29 is 27.1 Å². The summed E-state index contributed by atoms with van der Waals surface area (Å²) in [5.41, 5.74) is 0.680. The van der Waals surface area contributed by atoms with Crippen LogP contribution in [0.5, 0.6) is 0 Å². The van der Waals surface area contributed by atoms with Crippen LogP contribution in [0.4, 0.5) is 4.39 Å². The van der Waals surface area contributed by atoms with E-state index in [0.717, 1.165) is 0 Å². The Morgan fingerprint density at radius 1 is 1.07 bits per heavy atom. The van der Waals surface area contributed by atoms with Gasteiger partial charge in [-0.2, -0.15) is 4.72 Å². The molecule has 0 aromatic heterocycles. The van der Waals surface area contributed by atoms with Crippen molar-refractivity contribution in [2.45, 2.75) is 24.5 Å². The van der Waals surface area contributed by atoms with Gasteiger partial charge in [-0.05, 0) is 36.8 Å². The van der Waals surface area contributed by atoms with Gasteiger partial charge >= 0.3 is 5.97 Å². The Morgan fingerprint density at radius 3 is 2.33 bits per heavy atom. The Hall–Kier alpha value is -2.78. The second kappa shape index (κ2) is 9.24. The summed E-state index contributed by atoms with van der Waals surface area (Å²) in [7, 11) is -3.84.